The number of benzene rings is 1. The lowest BCUT2D eigenvalue weighted by atomic mass is 9.95. The maximum Gasteiger partial charge on any atom is 0.410 e. The fourth-order valence-corrected chi connectivity index (χ4v) is 2.97. The molecule has 0 saturated carbocycles. The van der Waals surface area contributed by atoms with E-state index in [0.29, 0.717) is 6.42 Å². The van der Waals surface area contributed by atoms with E-state index in [4.69, 9.17) is 10.5 Å². The van der Waals surface area contributed by atoms with E-state index in [2.05, 4.69) is 0 Å². The first-order valence-corrected chi connectivity index (χ1v) is 8.30. The first kappa shape index (κ1) is 18.7. The zero-order valence-corrected chi connectivity index (χ0v) is 14.5. The van der Waals surface area contributed by atoms with Gasteiger partial charge in [0.15, 0.2) is 0 Å². The van der Waals surface area contributed by atoms with Gasteiger partial charge in [-0.25, -0.2) is 9.18 Å². The second kappa shape index (κ2) is 7.49. The maximum absolute atomic E-state index is 14.3. The van der Waals surface area contributed by atoms with Crippen molar-refractivity contribution in [2.75, 3.05) is 6.54 Å². The molecule has 1 aromatic rings. The first-order chi connectivity index (χ1) is 11.2. The summed E-state index contributed by atoms with van der Waals surface area (Å²) in [6.07, 6.45) is -2.49. The molecular weight excluding hydrogens is 311 g/mol. The van der Waals surface area contributed by atoms with Crippen molar-refractivity contribution in [3.63, 3.8) is 0 Å². The molecule has 1 heterocycles. The fraction of sp³-hybridized carbons (Fsp3) is 0.611. The summed E-state index contributed by atoms with van der Waals surface area (Å²) in [5.41, 5.74) is 6.37. The van der Waals surface area contributed by atoms with E-state index in [1.165, 1.54) is 4.90 Å². The van der Waals surface area contributed by atoms with Gasteiger partial charge >= 0.3 is 6.09 Å². The minimum Gasteiger partial charge on any atom is -0.444 e. The summed E-state index contributed by atoms with van der Waals surface area (Å²) in [4.78, 5) is 13.6. The van der Waals surface area contributed by atoms with Gasteiger partial charge in [0.05, 0.1) is 12.1 Å². The average Bonchev–Trinajstić information content (AvgIpc) is 2.87. The predicted molar refractivity (Wildman–Crippen MR) is 90.4 cm³/mol. The molecule has 1 saturated heterocycles. The number of ether oxygens (including phenoxy) is 1. The zero-order valence-electron chi connectivity index (χ0n) is 14.5. The predicted octanol–water partition coefficient (Wildman–Crippen LogP) is 2.26. The second-order valence-corrected chi connectivity index (χ2v) is 7.31. The van der Waals surface area contributed by atoms with Crippen LogP contribution < -0.4 is 5.73 Å². The van der Waals surface area contributed by atoms with Gasteiger partial charge < -0.3 is 15.6 Å². The van der Waals surface area contributed by atoms with Crippen LogP contribution in [0.4, 0.5) is 9.18 Å². The number of halogens is 1. The van der Waals surface area contributed by atoms with Crippen molar-refractivity contribution < 1.29 is 19.0 Å². The first-order valence-electron chi connectivity index (χ1n) is 8.30. The number of nitrogens with two attached hydrogens (primary N) is 1. The molecule has 4 atom stereocenters. The molecule has 4 unspecified atom stereocenters. The Balaban J connectivity index is 2.07. The summed E-state index contributed by atoms with van der Waals surface area (Å²) in [5.74, 6) is 0. The van der Waals surface area contributed by atoms with Gasteiger partial charge in [-0.05, 0) is 39.2 Å². The number of carbonyl (C=O) groups is 1. The number of amides is 1. The smallest absolute Gasteiger partial charge is 0.410 e. The van der Waals surface area contributed by atoms with Gasteiger partial charge in [-0.1, -0.05) is 30.3 Å². The highest BCUT2D eigenvalue weighted by Crippen LogP contribution is 2.27. The molecule has 1 aromatic carbocycles. The molecule has 0 radical (unpaired) electrons. The SMILES string of the molecule is CC(C)(C)OC(=O)N1CCC(F)C1C(O)C(N)Cc1ccccc1. The molecule has 1 fully saturated rings. The molecule has 1 aliphatic heterocycles. The van der Waals surface area contributed by atoms with Crippen molar-refractivity contribution in [2.24, 2.45) is 5.73 Å². The minimum atomic E-state index is -1.31. The molecule has 2 rings (SSSR count). The number of rotatable bonds is 4. The summed E-state index contributed by atoms with van der Waals surface area (Å²) >= 11 is 0. The summed E-state index contributed by atoms with van der Waals surface area (Å²) < 4.78 is 19.6. The van der Waals surface area contributed by atoms with Gasteiger partial charge in [0, 0.05) is 12.6 Å². The number of nitrogens with zero attached hydrogens (tertiary/aromatic N) is 1. The maximum atomic E-state index is 14.3. The van der Waals surface area contributed by atoms with Gasteiger partial charge in [-0.2, -0.15) is 0 Å². The molecule has 6 heteroatoms. The van der Waals surface area contributed by atoms with Crippen molar-refractivity contribution in [1.82, 2.24) is 4.90 Å². The standard InChI is InChI=1S/C18H27FN2O3/c1-18(2,3)24-17(23)21-10-9-13(19)15(21)16(22)14(20)11-12-7-5-4-6-8-12/h4-8,13-16,22H,9-11,20H2,1-3H3. The van der Waals surface area contributed by atoms with E-state index in [1.807, 2.05) is 30.3 Å². The van der Waals surface area contributed by atoms with Crippen LogP contribution >= 0.6 is 0 Å². The molecule has 0 spiro atoms. The Morgan fingerprint density at radius 1 is 1.42 bits per heavy atom. The van der Waals surface area contributed by atoms with Crippen LogP contribution in [0.25, 0.3) is 0 Å². The molecule has 134 valence electrons. The van der Waals surface area contributed by atoms with E-state index in [9.17, 15) is 14.3 Å². The van der Waals surface area contributed by atoms with Crippen molar-refractivity contribution in [1.29, 1.82) is 0 Å². The number of carbonyl (C=O) groups excluding carboxylic acids is 1. The summed E-state index contributed by atoms with van der Waals surface area (Å²) in [7, 11) is 0. The largest absolute Gasteiger partial charge is 0.444 e. The normalized spacial score (nSPS) is 23.8. The van der Waals surface area contributed by atoms with Gasteiger partial charge in [0.25, 0.3) is 0 Å². The van der Waals surface area contributed by atoms with Crippen LogP contribution in [0.1, 0.15) is 32.8 Å². The van der Waals surface area contributed by atoms with Gasteiger partial charge in [-0.3, -0.25) is 4.90 Å². The molecule has 0 bridgehead atoms. The third kappa shape index (κ3) is 4.68. The van der Waals surface area contributed by atoms with Crippen LogP contribution in [0.2, 0.25) is 0 Å². The van der Waals surface area contributed by atoms with E-state index in [1.54, 1.807) is 20.8 Å². The Morgan fingerprint density at radius 2 is 2.04 bits per heavy atom. The lowest BCUT2D eigenvalue weighted by Gasteiger charge is -2.33. The number of alkyl halides is 1. The zero-order chi connectivity index (χ0) is 17.9. The third-order valence-electron chi connectivity index (χ3n) is 4.11. The van der Waals surface area contributed by atoms with Crippen LogP contribution in [0.3, 0.4) is 0 Å². The molecule has 0 aliphatic carbocycles. The monoisotopic (exact) mass is 338 g/mol. The highest BCUT2D eigenvalue weighted by molar-refractivity contribution is 5.69. The van der Waals surface area contributed by atoms with E-state index < -0.39 is 36.1 Å². The number of aliphatic hydroxyl groups is 1. The highest BCUT2D eigenvalue weighted by atomic mass is 19.1. The Labute approximate surface area is 142 Å². The molecule has 3 N–H and O–H groups in total. The number of hydrogen-bond acceptors (Lipinski definition) is 4. The number of aliphatic hydroxyl groups excluding tert-OH is 1. The average molecular weight is 338 g/mol. The lowest BCUT2D eigenvalue weighted by Crippen LogP contribution is -2.54. The number of likely N-dealkylation sites (tertiary alicyclic amines) is 1. The Kier molecular flexibility index (Phi) is 5.83. The topological polar surface area (TPSA) is 75.8 Å². The summed E-state index contributed by atoms with van der Waals surface area (Å²) in [5, 5.41) is 10.6. The van der Waals surface area contributed by atoms with Crippen molar-refractivity contribution in [3.05, 3.63) is 35.9 Å². The number of hydrogen-bond donors (Lipinski definition) is 2. The molecule has 0 aromatic heterocycles. The van der Waals surface area contributed by atoms with Crippen molar-refractivity contribution >= 4 is 6.09 Å². The van der Waals surface area contributed by atoms with Gasteiger partial charge in [0.2, 0.25) is 0 Å². The Morgan fingerprint density at radius 3 is 2.62 bits per heavy atom. The van der Waals surface area contributed by atoms with Crippen molar-refractivity contribution in [2.45, 2.75) is 63.6 Å². The van der Waals surface area contributed by atoms with Crippen LogP contribution in [-0.2, 0) is 11.2 Å². The van der Waals surface area contributed by atoms with Gasteiger partial charge in [-0.15, -0.1) is 0 Å². The lowest BCUT2D eigenvalue weighted by molar-refractivity contribution is -0.00940. The van der Waals surface area contributed by atoms with Crippen molar-refractivity contribution in [3.8, 4) is 0 Å². The van der Waals surface area contributed by atoms with Crippen LogP contribution in [0.15, 0.2) is 30.3 Å². The highest BCUT2D eigenvalue weighted by Gasteiger charge is 2.45. The fourth-order valence-electron chi connectivity index (χ4n) is 2.97. The molecule has 5 nitrogen and oxygen atoms in total. The quantitative estimate of drug-likeness (QED) is 0.883. The summed E-state index contributed by atoms with van der Waals surface area (Å²) in [6, 6.07) is 7.82. The van der Waals surface area contributed by atoms with E-state index in [-0.39, 0.29) is 13.0 Å². The molecule has 24 heavy (non-hydrogen) atoms. The van der Waals surface area contributed by atoms with Crippen LogP contribution in [0, 0.1) is 0 Å². The molecule has 1 aliphatic rings. The van der Waals surface area contributed by atoms with E-state index in [0.717, 1.165) is 5.56 Å². The van der Waals surface area contributed by atoms with Crippen LogP contribution in [-0.4, -0.2) is 52.6 Å². The third-order valence-corrected chi connectivity index (χ3v) is 4.11. The molecule has 1 amide bonds. The summed E-state index contributed by atoms with van der Waals surface area (Å²) in [6.45, 7) is 5.47. The van der Waals surface area contributed by atoms with Crippen LogP contribution in [0.5, 0.6) is 0 Å². The Bertz CT molecular complexity index is 547. The minimum absolute atomic E-state index is 0.180. The molecular formula is C18H27FN2O3. The van der Waals surface area contributed by atoms with Gasteiger partial charge in [0.1, 0.15) is 11.8 Å². The Hall–Kier alpha value is -1.66. The van der Waals surface area contributed by atoms with E-state index >= 15 is 0 Å². The second-order valence-electron chi connectivity index (χ2n) is 7.31.